The maximum atomic E-state index is 12.5. The molecule has 2 aliphatic rings. The minimum absolute atomic E-state index is 0.0490. The quantitative estimate of drug-likeness (QED) is 0.704. The SMILES string of the molecule is O=C(N=C1S[C@H]2CS(=O)(=O)C[C@@H]2N1c1ccc(OC(F)(F)F)cc1)c1ccccc1. The molecule has 2 aliphatic heterocycles. The fourth-order valence-electron chi connectivity index (χ4n) is 3.41. The molecule has 158 valence electrons. The topological polar surface area (TPSA) is 76.0 Å². The van der Waals surface area contributed by atoms with Crippen molar-refractivity contribution in [2.24, 2.45) is 4.99 Å². The van der Waals surface area contributed by atoms with E-state index >= 15 is 0 Å². The van der Waals surface area contributed by atoms with Gasteiger partial charge in [0, 0.05) is 16.5 Å². The predicted molar refractivity (Wildman–Crippen MR) is 108 cm³/mol. The Labute approximate surface area is 174 Å². The van der Waals surface area contributed by atoms with Crippen molar-refractivity contribution >= 4 is 38.4 Å². The van der Waals surface area contributed by atoms with Crippen molar-refractivity contribution in [2.45, 2.75) is 17.7 Å². The number of halogens is 3. The molecule has 0 spiro atoms. The average molecular weight is 456 g/mol. The van der Waals surface area contributed by atoms with Crippen LogP contribution in [0.2, 0.25) is 0 Å². The van der Waals surface area contributed by atoms with E-state index in [4.69, 9.17) is 0 Å². The molecule has 0 N–H and O–H groups in total. The standard InChI is InChI=1S/C19H15F3N2O4S2/c20-19(21,22)28-14-8-6-13(7-9-14)24-15-10-30(26,27)11-16(15)29-18(24)23-17(25)12-4-2-1-3-5-12/h1-9,15-16H,10-11H2/t15-,16-/m0/s1. The van der Waals surface area contributed by atoms with Gasteiger partial charge in [-0.2, -0.15) is 4.99 Å². The maximum absolute atomic E-state index is 12.5. The van der Waals surface area contributed by atoms with E-state index in [-0.39, 0.29) is 16.8 Å². The summed E-state index contributed by atoms with van der Waals surface area (Å²) in [6, 6.07) is 13.0. The van der Waals surface area contributed by atoms with Crippen molar-refractivity contribution in [3.05, 3.63) is 60.2 Å². The zero-order chi connectivity index (χ0) is 21.5. The molecule has 0 saturated carbocycles. The molecule has 2 heterocycles. The van der Waals surface area contributed by atoms with E-state index in [2.05, 4.69) is 9.73 Å². The zero-order valence-electron chi connectivity index (χ0n) is 15.2. The van der Waals surface area contributed by atoms with Crippen molar-refractivity contribution < 1.29 is 31.1 Å². The van der Waals surface area contributed by atoms with Gasteiger partial charge in [0.25, 0.3) is 5.91 Å². The summed E-state index contributed by atoms with van der Waals surface area (Å²) < 4.78 is 65.3. The molecule has 1 amide bonds. The number of thioether (sulfide) groups is 1. The molecule has 6 nitrogen and oxygen atoms in total. The number of sulfone groups is 1. The Kier molecular flexibility index (Phi) is 5.27. The third kappa shape index (κ3) is 4.46. The molecule has 0 aromatic heterocycles. The third-order valence-corrected chi connectivity index (χ3v) is 7.84. The number of carbonyl (C=O) groups is 1. The number of nitrogens with zero attached hydrogens (tertiary/aromatic N) is 2. The number of amidine groups is 1. The minimum atomic E-state index is -4.82. The van der Waals surface area contributed by atoms with Gasteiger partial charge >= 0.3 is 6.36 Å². The highest BCUT2D eigenvalue weighted by Crippen LogP contribution is 2.41. The van der Waals surface area contributed by atoms with Crippen LogP contribution in [0.15, 0.2) is 59.6 Å². The van der Waals surface area contributed by atoms with Crippen molar-refractivity contribution in [3.8, 4) is 5.75 Å². The predicted octanol–water partition coefficient (Wildman–Crippen LogP) is 3.50. The van der Waals surface area contributed by atoms with Gasteiger partial charge in [-0.25, -0.2) is 8.42 Å². The second-order valence-corrected chi connectivity index (χ2v) is 10.1. The largest absolute Gasteiger partial charge is 0.573 e. The fourth-order valence-corrected chi connectivity index (χ4v) is 7.32. The zero-order valence-corrected chi connectivity index (χ0v) is 16.9. The number of anilines is 1. The molecule has 30 heavy (non-hydrogen) atoms. The summed E-state index contributed by atoms with van der Waals surface area (Å²) in [5.41, 5.74) is 0.811. The van der Waals surface area contributed by atoms with Gasteiger partial charge in [0.1, 0.15) is 5.75 Å². The average Bonchev–Trinajstić information content (AvgIpc) is 3.13. The highest BCUT2D eigenvalue weighted by atomic mass is 32.2. The summed E-state index contributed by atoms with van der Waals surface area (Å²) in [4.78, 5) is 18.3. The van der Waals surface area contributed by atoms with Crippen LogP contribution in [0.1, 0.15) is 10.4 Å². The highest BCUT2D eigenvalue weighted by molar-refractivity contribution is 8.16. The summed E-state index contributed by atoms with van der Waals surface area (Å²) in [5, 5.41) is 0.00154. The number of hydrogen-bond donors (Lipinski definition) is 0. The molecular weight excluding hydrogens is 441 g/mol. The smallest absolute Gasteiger partial charge is 0.406 e. The van der Waals surface area contributed by atoms with Crippen LogP contribution in [0, 0.1) is 0 Å². The Balaban J connectivity index is 1.67. The van der Waals surface area contributed by atoms with Gasteiger partial charge in [0.15, 0.2) is 15.0 Å². The van der Waals surface area contributed by atoms with Crippen LogP contribution in [0.4, 0.5) is 18.9 Å². The van der Waals surface area contributed by atoms with Gasteiger partial charge in [0.05, 0.1) is 17.5 Å². The Morgan fingerprint density at radius 2 is 1.73 bits per heavy atom. The monoisotopic (exact) mass is 456 g/mol. The fraction of sp³-hybridized carbons (Fsp3) is 0.263. The Hall–Kier alpha value is -2.53. The maximum Gasteiger partial charge on any atom is 0.573 e. The lowest BCUT2D eigenvalue weighted by Gasteiger charge is -2.24. The number of carbonyl (C=O) groups excluding carboxylic acids is 1. The minimum Gasteiger partial charge on any atom is -0.406 e. The second kappa shape index (κ2) is 7.62. The summed E-state index contributed by atoms with van der Waals surface area (Å²) in [6.07, 6.45) is -4.82. The van der Waals surface area contributed by atoms with Gasteiger partial charge in [0.2, 0.25) is 0 Å². The van der Waals surface area contributed by atoms with E-state index in [1.54, 1.807) is 35.2 Å². The van der Waals surface area contributed by atoms with Gasteiger partial charge in [-0.05, 0) is 36.4 Å². The normalized spacial score (nSPS) is 24.1. The Morgan fingerprint density at radius 1 is 1.07 bits per heavy atom. The first kappa shape index (κ1) is 20.7. The van der Waals surface area contributed by atoms with E-state index in [0.29, 0.717) is 16.4 Å². The molecule has 2 saturated heterocycles. The molecule has 11 heteroatoms. The number of rotatable bonds is 3. The van der Waals surface area contributed by atoms with Crippen molar-refractivity contribution in [2.75, 3.05) is 16.4 Å². The first-order valence-electron chi connectivity index (χ1n) is 8.81. The number of hydrogen-bond acceptors (Lipinski definition) is 5. The molecule has 2 aromatic carbocycles. The molecule has 0 radical (unpaired) electrons. The van der Waals surface area contributed by atoms with E-state index in [1.807, 2.05) is 0 Å². The van der Waals surface area contributed by atoms with Gasteiger partial charge in [-0.3, -0.25) is 4.79 Å². The van der Waals surface area contributed by atoms with Crippen LogP contribution >= 0.6 is 11.8 Å². The molecule has 2 fully saturated rings. The van der Waals surface area contributed by atoms with E-state index < -0.39 is 33.9 Å². The van der Waals surface area contributed by atoms with Crippen LogP contribution in [-0.4, -0.2) is 48.7 Å². The number of ether oxygens (including phenoxy) is 1. The molecule has 2 aromatic rings. The van der Waals surface area contributed by atoms with E-state index in [1.165, 1.54) is 23.9 Å². The summed E-state index contributed by atoms with van der Waals surface area (Å²) in [7, 11) is -3.26. The lowest BCUT2D eigenvalue weighted by molar-refractivity contribution is -0.274. The first-order valence-corrected chi connectivity index (χ1v) is 11.5. The van der Waals surface area contributed by atoms with Crippen molar-refractivity contribution in [3.63, 3.8) is 0 Å². The summed E-state index contributed by atoms with van der Waals surface area (Å²) >= 11 is 1.19. The number of amides is 1. The molecule has 0 unspecified atom stereocenters. The van der Waals surface area contributed by atoms with Crippen LogP contribution in [-0.2, 0) is 9.84 Å². The lowest BCUT2D eigenvalue weighted by Crippen LogP contribution is -2.37. The van der Waals surface area contributed by atoms with Gasteiger partial charge < -0.3 is 9.64 Å². The summed E-state index contributed by atoms with van der Waals surface area (Å²) in [5.74, 6) is -1.05. The van der Waals surface area contributed by atoms with Crippen LogP contribution in [0.5, 0.6) is 5.75 Å². The van der Waals surface area contributed by atoms with Crippen molar-refractivity contribution in [1.29, 1.82) is 0 Å². The van der Waals surface area contributed by atoms with Crippen LogP contribution in [0.3, 0.4) is 0 Å². The first-order chi connectivity index (χ1) is 14.1. The molecule has 4 rings (SSSR count). The van der Waals surface area contributed by atoms with E-state index in [0.717, 1.165) is 12.1 Å². The van der Waals surface area contributed by atoms with Gasteiger partial charge in [-0.1, -0.05) is 30.0 Å². The third-order valence-electron chi connectivity index (χ3n) is 4.63. The second-order valence-electron chi connectivity index (χ2n) is 6.78. The van der Waals surface area contributed by atoms with Crippen LogP contribution in [0.25, 0.3) is 0 Å². The summed E-state index contributed by atoms with van der Waals surface area (Å²) in [6.45, 7) is 0. The molecule has 0 bridgehead atoms. The Bertz CT molecular complexity index is 1090. The van der Waals surface area contributed by atoms with Crippen LogP contribution < -0.4 is 9.64 Å². The number of fused-ring (bicyclic) bond motifs is 1. The lowest BCUT2D eigenvalue weighted by atomic mass is 10.2. The van der Waals surface area contributed by atoms with Crippen molar-refractivity contribution in [1.82, 2.24) is 0 Å². The van der Waals surface area contributed by atoms with E-state index in [9.17, 15) is 26.4 Å². The van der Waals surface area contributed by atoms with Gasteiger partial charge in [-0.15, -0.1) is 13.2 Å². The molecular formula is C19H15F3N2O4S2. The Morgan fingerprint density at radius 3 is 2.37 bits per heavy atom. The molecule has 0 aliphatic carbocycles. The number of benzene rings is 2. The number of alkyl halides is 3. The highest BCUT2D eigenvalue weighted by Gasteiger charge is 2.49. The molecule has 2 atom stereocenters. The number of aliphatic imine (C=N–C) groups is 1.